The van der Waals surface area contributed by atoms with Crippen molar-refractivity contribution in [3.63, 3.8) is 0 Å². The van der Waals surface area contributed by atoms with Gasteiger partial charge >= 0.3 is 11.9 Å². The van der Waals surface area contributed by atoms with E-state index >= 15 is 0 Å². The van der Waals surface area contributed by atoms with E-state index in [1.54, 1.807) is 0 Å². The molecule has 5 heteroatoms. The molecule has 1 amide bonds. The summed E-state index contributed by atoms with van der Waals surface area (Å²) in [6.45, 7) is 0.299. The third-order valence-corrected chi connectivity index (χ3v) is 2.21. The third kappa shape index (κ3) is 3.71. The highest BCUT2D eigenvalue weighted by atomic mass is 79.9. The van der Waals surface area contributed by atoms with Crippen LogP contribution in [0, 0.1) is 0 Å². The van der Waals surface area contributed by atoms with Gasteiger partial charge in [0.25, 0.3) is 0 Å². The SMILES string of the molecule is COC(=O)C(=O)NCc1cccc(Br)c1. The standard InChI is InChI=1S/C10H10BrNO3/c1-15-10(14)9(13)12-6-7-3-2-4-8(11)5-7/h2-5H,6H2,1H3,(H,12,13). The lowest BCUT2D eigenvalue weighted by Gasteiger charge is -2.03. The second kappa shape index (κ2) is 5.50. The van der Waals surface area contributed by atoms with Crippen LogP contribution >= 0.6 is 15.9 Å². The molecule has 0 radical (unpaired) electrons. The Bertz CT molecular complexity index is 379. The number of halogens is 1. The zero-order valence-electron chi connectivity index (χ0n) is 8.12. The van der Waals surface area contributed by atoms with E-state index in [-0.39, 0.29) is 0 Å². The average Bonchev–Trinajstić information content (AvgIpc) is 2.25. The van der Waals surface area contributed by atoms with Gasteiger partial charge < -0.3 is 10.1 Å². The predicted octanol–water partition coefficient (Wildman–Crippen LogP) is 1.24. The van der Waals surface area contributed by atoms with Crippen molar-refractivity contribution in [3.8, 4) is 0 Å². The van der Waals surface area contributed by atoms with Crippen LogP contribution in [-0.2, 0) is 20.9 Å². The number of ether oxygens (including phenoxy) is 1. The molecule has 0 unspecified atom stereocenters. The van der Waals surface area contributed by atoms with Crippen molar-refractivity contribution in [2.75, 3.05) is 7.11 Å². The molecule has 1 rings (SSSR count). The average molecular weight is 272 g/mol. The molecule has 4 nitrogen and oxygen atoms in total. The molecule has 0 aliphatic heterocycles. The van der Waals surface area contributed by atoms with Crippen molar-refractivity contribution in [3.05, 3.63) is 34.3 Å². The van der Waals surface area contributed by atoms with Crippen LogP contribution in [0.4, 0.5) is 0 Å². The number of hydrogen-bond donors (Lipinski definition) is 1. The lowest BCUT2D eigenvalue weighted by atomic mass is 10.2. The highest BCUT2D eigenvalue weighted by Gasteiger charge is 2.12. The molecule has 0 spiro atoms. The number of nitrogens with one attached hydrogen (secondary N) is 1. The quantitative estimate of drug-likeness (QED) is 0.651. The van der Waals surface area contributed by atoms with Crippen LogP contribution in [0.2, 0.25) is 0 Å². The maximum absolute atomic E-state index is 11.0. The molecule has 80 valence electrons. The summed E-state index contributed by atoms with van der Waals surface area (Å²) in [6.07, 6.45) is 0. The van der Waals surface area contributed by atoms with E-state index in [1.165, 1.54) is 7.11 Å². The van der Waals surface area contributed by atoms with Gasteiger partial charge in [0, 0.05) is 11.0 Å². The predicted molar refractivity (Wildman–Crippen MR) is 58.0 cm³/mol. The number of carbonyl (C=O) groups excluding carboxylic acids is 2. The van der Waals surface area contributed by atoms with Crippen LogP contribution in [0.3, 0.4) is 0 Å². The summed E-state index contributed by atoms with van der Waals surface area (Å²) in [6, 6.07) is 7.44. The van der Waals surface area contributed by atoms with Crippen molar-refractivity contribution in [2.45, 2.75) is 6.54 Å². The van der Waals surface area contributed by atoms with E-state index in [0.717, 1.165) is 10.0 Å². The van der Waals surface area contributed by atoms with E-state index in [4.69, 9.17) is 0 Å². The van der Waals surface area contributed by atoms with Crippen LogP contribution in [0.1, 0.15) is 5.56 Å². The van der Waals surface area contributed by atoms with Gasteiger partial charge in [-0.3, -0.25) is 4.79 Å². The van der Waals surface area contributed by atoms with Gasteiger partial charge in [-0.1, -0.05) is 28.1 Å². The summed E-state index contributed by atoms with van der Waals surface area (Å²) in [4.78, 5) is 21.8. The van der Waals surface area contributed by atoms with Crippen molar-refractivity contribution in [2.24, 2.45) is 0 Å². The normalized spacial score (nSPS) is 9.47. The summed E-state index contributed by atoms with van der Waals surface area (Å²) in [5, 5.41) is 2.44. The molecule has 0 saturated carbocycles. The summed E-state index contributed by atoms with van der Waals surface area (Å²) in [5.41, 5.74) is 0.904. The zero-order chi connectivity index (χ0) is 11.3. The number of benzene rings is 1. The zero-order valence-corrected chi connectivity index (χ0v) is 9.71. The number of hydrogen-bond acceptors (Lipinski definition) is 3. The van der Waals surface area contributed by atoms with Gasteiger partial charge in [0.1, 0.15) is 0 Å². The third-order valence-electron chi connectivity index (χ3n) is 1.71. The molecule has 15 heavy (non-hydrogen) atoms. The van der Waals surface area contributed by atoms with Crippen LogP contribution in [0.5, 0.6) is 0 Å². The Kier molecular flexibility index (Phi) is 4.30. The summed E-state index contributed by atoms with van der Waals surface area (Å²) < 4.78 is 5.19. The highest BCUT2D eigenvalue weighted by molar-refractivity contribution is 9.10. The van der Waals surface area contributed by atoms with Crippen molar-refractivity contribution < 1.29 is 14.3 Å². The molecule has 0 aliphatic carbocycles. The molecule has 1 N–H and O–H groups in total. The summed E-state index contributed by atoms with van der Waals surface area (Å²) >= 11 is 3.31. The van der Waals surface area contributed by atoms with Gasteiger partial charge in [0.2, 0.25) is 0 Å². The molecule has 0 fully saturated rings. The van der Waals surface area contributed by atoms with Gasteiger partial charge in [-0.25, -0.2) is 4.79 Å². The van der Waals surface area contributed by atoms with Crippen molar-refractivity contribution in [1.82, 2.24) is 5.32 Å². The van der Waals surface area contributed by atoms with E-state index in [1.807, 2.05) is 24.3 Å². The first kappa shape index (κ1) is 11.7. The number of esters is 1. The molecule has 1 aromatic carbocycles. The van der Waals surface area contributed by atoms with Gasteiger partial charge in [-0.2, -0.15) is 0 Å². The molecule has 0 aliphatic rings. The maximum Gasteiger partial charge on any atom is 0.396 e. The van der Waals surface area contributed by atoms with E-state index in [9.17, 15) is 9.59 Å². The number of rotatable bonds is 2. The second-order valence-electron chi connectivity index (χ2n) is 2.80. The highest BCUT2D eigenvalue weighted by Crippen LogP contribution is 2.11. The fraction of sp³-hybridized carbons (Fsp3) is 0.200. The Morgan fingerprint density at radius 3 is 2.80 bits per heavy atom. The lowest BCUT2D eigenvalue weighted by molar-refractivity contribution is -0.152. The minimum Gasteiger partial charge on any atom is -0.462 e. The first-order chi connectivity index (χ1) is 7.13. The van der Waals surface area contributed by atoms with Crippen molar-refractivity contribution >= 4 is 27.8 Å². The minimum atomic E-state index is -0.884. The van der Waals surface area contributed by atoms with Crippen molar-refractivity contribution in [1.29, 1.82) is 0 Å². The largest absolute Gasteiger partial charge is 0.462 e. The Balaban J connectivity index is 2.50. The van der Waals surface area contributed by atoms with E-state index < -0.39 is 11.9 Å². The van der Waals surface area contributed by atoms with Crippen LogP contribution in [0.15, 0.2) is 28.7 Å². The Morgan fingerprint density at radius 2 is 2.20 bits per heavy atom. The van der Waals surface area contributed by atoms with Crippen LogP contribution in [-0.4, -0.2) is 19.0 Å². The van der Waals surface area contributed by atoms with Gasteiger partial charge in [-0.05, 0) is 17.7 Å². The first-order valence-corrected chi connectivity index (χ1v) is 5.03. The fourth-order valence-electron chi connectivity index (χ4n) is 0.994. The minimum absolute atomic E-state index is 0.299. The van der Waals surface area contributed by atoms with E-state index in [2.05, 4.69) is 26.0 Å². The molecule has 0 bridgehead atoms. The summed E-state index contributed by atoms with van der Waals surface area (Å²) in [7, 11) is 1.17. The Labute approximate surface area is 95.7 Å². The monoisotopic (exact) mass is 271 g/mol. The molecule has 0 saturated heterocycles. The molecular formula is C10H10BrNO3. The Morgan fingerprint density at radius 1 is 1.47 bits per heavy atom. The smallest absolute Gasteiger partial charge is 0.396 e. The van der Waals surface area contributed by atoms with Crippen LogP contribution < -0.4 is 5.32 Å². The fourth-order valence-corrected chi connectivity index (χ4v) is 1.44. The van der Waals surface area contributed by atoms with Crippen LogP contribution in [0.25, 0.3) is 0 Å². The lowest BCUT2D eigenvalue weighted by Crippen LogP contribution is -2.31. The first-order valence-electron chi connectivity index (χ1n) is 4.24. The summed E-state index contributed by atoms with van der Waals surface area (Å²) in [5.74, 6) is -1.62. The molecule has 1 aromatic rings. The van der Waals surface area contributed by atoms with Gasteiger partial charge in [-0.15, -0.1) is 0 Å². The maximum atomic E-state index is 11.0. The van der Waals surface area contributed by atoms with Gasteiger partial charge in [0.05, 0.1) is 7.11 Å². The molecule has 0 aromatic heterocycles. The molecule has 0 heterocycles. The number of methoxy groups -OCH3 is 1. The molecule has 0 atom stereocenters. The van der Waals surface area contributed by atoms with E-state index in [0.29, 0.717) is 6.54 Å². The van der Waals surface area contributed by atoms with Gasteiger partial charge in [0.15, 0.2) is 0 Å². The second-order valence-corrected chi connectivity index (χ2v) is 3.72. The number of carbonyl (C=O) groups is 2. The Hall–Kier alpha value is -1.36. The topological polar surface area (TPSA) is 55.4 Å². The molecular weight excluding hydrogens is 262 g/mol. The number of amides is 1.